The maximum atomic E-state index is 12.5. The summed E-state index contributed by atoms with van der Waals surface area (Å²) >= 11 is 0. The highest BCUT2D eigenvalue weighted by Crippen LogP contribution is 2.21. The molecule has 0 N–H and O–H groups in total. The first-order valence-corrected chi connectivity index (χ1v) is 7.47. The van der Waals surface area contributed by atoms with E-state index in [0.29, 0.717) is 25.4 Å². The zero-order chi connectivity index (χ0) is 16.2. The number of pyridine rings is 1. The minimum Gasteiger partial charge on any atom is -0.370 e. The standard InChI is InChI=1S/C16H18N4O3/c1-12-2-3-15(21)20(18-12)11-16(22)19-8-9-23-14(10-19)13-4-6-17-7-5-13/h2-7,14H,8-11H2,1H3/t14-/m0/s1. The molecule has 1 amide bonds. The Labute approximate surface area is 133 Å². The molecular weight excluding hydrogens is 296 g/mol. The second-order valence-corrected chi connectivity index (χ2v) is 5.45. The molecule has 1 fully saturated rings. The van der Waals surface area contributed by atoms with Crippen molar-refractivity contribution in [3.63, 3.8) is 0 Å². The number of morpholine rings is 1. The molecule has 0 aromatic carbocycles. The summed E-state index contributed by atoms with van der Waals surface area (Å²) in [6, 6.07) is 6.82. The molecule has 0 spiro atoms. The van der Waals surface area contributed by atoms with Crippen molar-refractivity contribution in [2.75, 3.05) is 19.7 Å². The van der Waals surface area contributed by atoms with Crippen LogP contribution in [-0.2, 0) is 16.1 Å². The third-order valence-electron chi connectivity index (χ3n) is 3.78. The molecule has 23 heavy (non-hydrogen) atoms. The predicted octanol–water partition coefficient (Wildman–Crippen LogP) is 0.547. The van der Waals surface area contributed by atoms with Crippen LogP contribution in [0.25, 0.3) is 0 Å². The van der Waals surface area contributed by atoms with E-state index in [1.54, 1.807) is 30.3 Å². The van der Waals surface area contributed by atoms with Crippen molar-refractivity contribution in [3.05, 3.63) is 58.3 Å². The first-order chi connectivity index (χ1) is 11.1. The fourth-order valence-corrected chi connectivity index (χ4v) is 2.55. The molecule has 0 bridgehead atoms. The van der Waals surface area contributed by atoms with Gasteiger partial charge in [-0.2, -0.15) is 5.10 Å². The highest BCUT2D eigenvalue weighted by atomic mass is 16.5. The quantitative estimate of drug-likeness (QED) is 0.827. The molecule has 3 heterocycles. The number of carbonyl (C=O) groups excluding carboxylic acids is 1. The van der Waals surface area contributed by atoms with Gasteiger partial charge in [0.2, 0.25) is 5.91 Å². The van der Waals surface area contributed by atoms with Gasteiger partial charge in [0.05, 0.1) is 18.8 Å². The number of nitrogens with zero attached hydrogens (tertiary/aromatic N) is 4. The number of amides is 1. The normalized spacial score (nSPS) is 18.0. The Morgan fingerprint density at radius 1 is 1.30 bits per heavy atom. The number of hydrogen-bond donors (Lipinski definition) is 0. The molecule has 1 aliphatic heterocycles. The average molecular weight is 314 g/mol. The molecule has 0 radical (unpaired) electrons. The van der Waals surface area contributed by atoms with Gasteiger partial charge in [0.25, 0.3) is 5.56 Å². The zero-order valence-electron chi connectivity index (χ0n) is 12.9. The van der Waals surface area contributed by atoms with Crippen molar-refractivity contribution >= 4 is 5.91 Å². The van der Waals surface area contributed by atoms with Gasteiger partial charge in [-0.3, -0.25) is 14.6 Å². The number of ether oxygens (including phenoxy) is 1. The molecule has 7 heteroatoms. The van der Waals surface area contributed by atoms with E-state index < -0.39 is 0 Å². The van der Waals surface area contributed by atoms with Crippen LogP contribution in [0.15, 0.2) is 41.5 Å². The van der Waals surface area contributed by atoms with Gasteiger partial charge in [0.15, 0.2) is 0 Å². The van der Waals surface area contributed by atoms with Crippen molar-refractivity contribution in [3.8, 4) is 0 Å². The van der Waals surface area contributed by atoms with Gasteiger partial charge in [-0.15, -0.1) is 0 Å². The van der Waals surface area contributed by atoms with Crippen LogP contribution in [0, 0.1) is 6.92 Å². The number of carbonyl (C=O) groups is 1. The topological polar surface area (TPSA) is 77.3 Å². The summed E-state index contributed by atoms with van der Waals surface area (Å²) in [6.45, 7) is 3.18. The van der Waals surface area contributed by atoms with Crippen LogP contribution < -0.4 is 5.56 Å². The van der Waals surface area contributed by atoms with Gasteiger partial charge in [0, 0.05) is 25.0 Å². The summed E-state index contributed by atoms with van der Waals surface area (Å²) < 4.78 is 6.93. The monoisotopic (exact) mass is 314 g/mol. The molecule has 1 aliphatic rings. The van der Waals surface area contributed by atoms with E-state index >= 15 is 0 Å². The Bertz CT molecular complexity index is 744. The average Bonchev–Trinajstić information content (AvgIpc) is 2.59. The Morgan fingerprint density at radius 2 is 2.09 bits per heavy atom. The zero-order valence-corrected chi connectivity index (χ0v) is 12.9. The molecule has 0 unspecified atom stereocenters. The first kappa shape index (κ1) is 15.4. The second kappa shape index (κ2) is 6.70. The van der Waals surface area contributed by atoms with Crippen LogP contribution in [0.4, 0.5) is 0 Å². The molecule has 1 saturated heterocycles. The van der Waals surface area contributed by atoms with Gasteiger partial charge in [-0.1, -0.05) is 0 Å². The van der Waals surface area contributed by atoms with Gasteiger partial charge in [0.1, 0.15) is 12.6 Å². The molecule has 120 valence electrons. The van der Waals surface area contributed by atoms with Gasteiger partial charge < -0.3 is 9.64 Å². The van der Waals surface area contributed by atoms with E-state index in [4.69, 9.17) is 4.74 Å². The minimum atomic E-state index is -0.275. The smallest absolute Gasteiger partial charge is 0.267 e. The summed E-state index contributed by atoms with van der Waals surface area (Å²) in [5.74, 6) is -0.132. The molecule has 3 rings (SSSR count). The van der Waals surface area contributed by atoms with Crippen LogP contribution >= 0.6 is 0 Å². The van der Waals surface area contributed by atoms with Crippen molar-refractivity contribution in [2.45, 2.75) is 19.6 Å². The largest absolute Gasteiger partial charge is 0.370 e. The molecule has 2 aromatic rings. The number of aryl methyl sites for hydroxylation is 1. The minimum absolute atomic E-state index is 0.0520. The summed E-state index contributed by atoms with van der Waals surface area (Å²) in [4.78, 5) is 29.9. The Hall–Kier alpha value is -2.54. The number of hydrogen-bond acceptors (Lipinski definition) is 5. The van der Waals surface area contributed by atoms with Gasteiger partial charge in [-0.05, 0) is 30.7 Å². The van der Waals surface area contributed by atoms with Crippen LogP contribution in [0.1, 0.15) is 17.4 Å². The van der Waals surface area contributed by atoms with E-state index in [1.165, 1.54) is 10.7 Å². The number of aromatic nitrogens is 3. The van der Waals surface area contributed by atoms with E-state index in [2.05, 4.69) is 10.1 Å². The van der Waals surface area contributed by atoms with E-state index in [0.717, 1.165) is 5.56 Å². The van der Waals surface area contributed by atoms with Crippen molar-refractivity contribution in [2.24, 2.45) is 0 Å². The van der Waals surface area contributed by atoms with E-state index in [9.17, 15) is 9.59 Å². The third-order valence-corrected chi connectivity index (χ3v) is 3.78. The second-order valence-electron chi connectivity index (χ2n) is 5.45. The molecular formula is C16H18N4O3. The fraction of sp³-hybridized carbons (Fsp3) is 0.375. The lowest BCUT2D eigenvalue weighted by Crippen LogP contribution is -2.44. The highest BCUT2D eigenvalue weighted by molar-refractivity contribution is 5.76. The van der Waals surface area contributed by atoms with E-state index in [1.807, 2.05) is 12.1 Å². The number of rotatable bonds is 3. The third kappa shape index (κ3) is 3.62. The van der Waals surface area contributed by atoms with Crippen LogP contribution in [0.2, 0.25) is 0 Å². The van der Waals surface area contributed by atoms with Crippen LogP contribution in [-0.4, -0.2) is 45.3 Å². The molecule has 1 atom stereocenters. The van der Waals surface area contributed by atoms with Crippen molar-refractivity contribution in [1.29, 1.82) is 0 Å². The van der Waals surface area contributed by atoms with E-state index in [-0.39, 0.29) is 24.1 Å². The lowest BCUT2D eigenvalue weighted by Gasteiger charge is -2.33. The van der Waals surface area contributed by atoms with Gasteiger partial charge >= 0.3 is 0 Å². The summed E-state index contributed by atoms with van der Waals surface area (Å²) in [6.07, 6.45) is 3.24. The van der Waals surface area contributed by atoms with Crippen molar-refractivity contribution in [1.82, 2.24) is 19.7 Å². The summed E-state index contributed by atoms with van der Waals surface area (Å²) in [5, 5.41) is 4.10. The SMILES string of the molecule is Cc1ccc(=O)n(CC(=O)N2CCO[C@H](c3ccncc3)C2)n1. The van der Waals surface area contributed by atoms with Gasteiger partial charge in [-0.25, -0.2) is 4.68 Å². The lowest BCUT2D eigenvalue weighted by molar-refractivity contribution is -0.140. The first-order valence-electron chi connectivity index (χ1n) is 7.47. The van der Waals surface area contributed by atoms with Crippen LogP contribution in [0.3, 0.4) is 0 Å². The fourth-order valence-electron chi connectivity index (χ4n) is 2.55. The molecule has 2 aromatic heterocycles. The lowest BCUT2D eigenvalue weighted by atomic mass is 10.1. The summed E-state index contributed by atoms with van der Waals surface area (Å²) in [7, 11) is 0. The Morgan fingerprint density at radius 3 is 2.87 bits per heavy atom. The summed E-state index contributed by atoms with van der Waals surface area (Å²) in [5.41, 5.74) is 1.42. The van der Waals surface area contributed by atoms with Crippen molar-refractivity contribution < 1.29 is 9.53 Å². The van der Waals surface area contributed by atoms with Crippen LogP contribution in [0.5, 0.6) is 0 Å². The maximum Gasteiger partial charge on any atom is 0.267 e. The molecule has 0 aliphatic carbocycles. The molecule has 0 saturated carbocycles. The Kier molecular flexibility index (Phi) is 4.47. The Balaban J connectivity index is 1.70. The maximum absolute atomic E-state index is 12.5. The predicted molar refractivity (Wildman–Crippen MR) is 82.7 cm³/mol. The molecule has 7 nitrogen and oxygen atoms in total. The highest BCUT2D eigenvalue weighted by Gasteiger charge is 2.25.